The lowest BCUT2D eigenvalue weighted by Crippen LogP contribution is -2.45. The van der Waals surface area contributed by atoms with Crippen molar-refractivity contribution < 1.29 is 18.7 Å². The van der Waals surface area contributed by atoms with Gasteiger partial charge in [0.25, 0.3) is 5.91 Å². The van der Waals surface area contributed by atoms with Crippen molar-refractivity contribution >= 4 is 34.4 Å². The molecule has 1 saturated heterocycles. The number of likely N-dealkylation sites (N-methyl/N-ethyl adjacent to an activating group) is 1. The molecule has 0 aliphatic carbocycles. The van der Waals surface area contributed by atoms with E-state index in [4.69, 9.17) is 26.5 Å². The van der Waals surface area contributed by atoms with Crippen LogP contribution in [0.2, 0.25) is 5.02 Å². The van der Waals surface area contributed by atoms with Crippen molar-refractivity contribution in [2.24, 2.45) is 5.73 Å². The lowest BCUT2D eigenvalue weighted by Gasteiger charge is -2.22. The molecule has 0 spiro atoms. The minimum Gasteiger partial charge on any atom is -0.493 e. The van der Waals surface area contributed by atoms with Crippen molar-refractivity contribution in [2.45, 2.75) is 25.4 Å². The molecule has 2 heterocycles. The minimum atomic E-state index is -0.596. The maximum atomic E-state index is 12.9. The number of nitrogens with zero attached hydrogens (tertiary/aromatic N) is 1. The van der Waals surface area contributed by atoms with E-state index in [2.05, 4.69) is 5.32 Å². The van der Waals surface area contributed by atoms with Crippen LogP contribution in [0.15, 0.2) is 22.6 Å². The van der Waals surface area contributed by atoms with E-state index in [0.29, 0.717) is 41.3 Å². The van der Waals surface area contributed by atoms with E-state index >= 15 is 0 Å². The summed E-state index contributed by atoms with van der Waals surface area (Å²) in [5.41, 5.74) is 6.40. The van der Waals surface area contributed by atoms with Gasteiger partial charge >= 0.3 is 0 Å². The fourth-order valence-electron chi connectivity index (χ4n) is 3.12. The molecular formula is C17H20ClN3O4. The van der Waals surface area contributed by atoms with Crippen molar-refractivity contribution in [2.75, 3.05) is 20.2 Å². The summed E-state index contributed by atoms with van der Waals surface area (Å²) in [4.78, 5) is 26.6. The van der Waals surface area contributed by atoms with Gasteiger partial charge in [-0.05, 0) is 25.5 Å². The zero-order valence-corrected chi connectivity index (χ0v) is 14.8. The van der Waals surface area contributed by atoms with Gasteiger partial charge in [-0.25, -0.2) is 0 Å². The van der Waals surface area contributed by atoms with Crippen LogP contribution in [0.5, 0.6) is 5.75 Å². The highest BCUT2D eigenvalue weighted by atomic mass is 35.5. The summed E-state index contributed by atoms with van der Waals surface area (Å²) in [7, 11) is 1.50. The molecule has 0 radical (unpaired) electrons. The number of methoxy groups -OCH3 is 1. The van der Waals surface area contributed by atoms with Gasteiger partial charge in [-0.2, -0.15) is 0 Å². The van der Waals surface area contributed by atoms with Gasteiger partial charge < -0.3 is 25.1 Å². The average molecular weight is 366 g/mol. The van der Waals surface area contributed by atoms with E-state index in [9.17, 15) is 9.59 Å². The first-order valence-electron chi connectivity index (χ1n) is 8.06. The maximum absolute atomic E-state index is 12.9. The number of hydrogen-bond acceptors (Lipinski definition) is 5. The van der Waals surface area contributed by atoms with Crippen molar-refractivity contribution in [3.05, 3.63) is 29.0 Å². The Morgan fingerprint density at radius 2 is 2.20 bits per heavy atom. The Hall–Kier alpha value is -2.25. The Morgan fingerprint density at radius 1 is 1.44 bits per heavy atom. The molecule has 2 amide bonds. The van der Waals surface area contributed by atoms with Crippen molar-refractivity contribution in [3.63, 3.8) is 0 Å². The van der Waals surface area contributed by atoms with E-state index in [1.165, 1.54) is 12.0 Å². The van der Waals surface area contributed by atoms with Crippen molar-refractivity contribution in [3.8, 4) is 5.75 Å². The summed E-state index contributed by atoms with van der Waals surface area (Å²) in [5.74, 6) is -0.0157. The molecule has 8 heteroatoms. The third-order valence-electron chi connectivity index (χ3n) is 4.23. The van der Waals surface area contributed by atoms with Crippen LogP contribution in [0.1, 0.15) is 23.9 Å². The number of hydrogen-bond donors (Lipinski definition) is 2. The second kappa shape index (κ2) is 6.93. The molecule has 2 aromatic rings. The summed E-state index contributed by atoms with van der Waals surface area (Å²) in [6.45, 7) is 2.62. The predicted molar refractivity (Wildman–Crippen MR) is 93.9 cm³/mol. The number of furan rings is 1. The zero-order valence-electron chi connectivity index (χ0n) is 14.0. The molecule has 134 valence electrons. The van der Waals surface area contributed by atoms with E-state index < -0.39 is 6.04 Å². The van der Waals surface area contributed by atoms with E-state index in [1.807, 2.05) is 6.92 Å². The summed E-state index contributed by atoms with van der Waals surface area (Å²) in [6.07, 6.45) is 0.424. The molecule has 1 aromatic heterocycles. The van der Waals surface area contributed by atoms with Gasteiger partial charge in [-0.3, -0.25) is 9.59 Å². The fraction of sp³-hybridized carbons (Fsp3) is 0.412. The molecular weight excluding hydrogens is 346 g/mol. The molecule has 2 atom stereocenters. The second-order valence-electron chi connectivity index (χ2n) is 6.00. The van der Waals surface area contributed by atoms with Crippen LogP contribution in [0, 0.1) is 0 Å². The number of benzene rings is 1. The Labute approximate surface area is 150 Å². The van der Waals surface area contributed by atoms with Gasteiger partial charge in [0, 0.05) is 35.6 Å². The quantitative estimate of drug-likeness (QED) is 0.860. The highest BCUT2D eigenvalue weighted by molar-refractivity contribution is 6.31. The summed E-state index contributed by atoms with van der Waals surface area (Å²) in [6, 6.07) is 4.07. The highest BCUT2D eigenvalue weighted by Crippen LogP contribution is 2.33. The number of carbonyl (C=O) groups excluding carboxylic acids is 2. The molecule has 3 rings (SSSR count). The SMILES string of the molecule is CCNC(=O)[C@@H]1C[C@@H](N)CN1C(=O)c1cc2cc(Cl)cc(OC)c2o1. The standard InChI is InChI=1S/C17H20ClN3O4/c1-3-20-16(22)12-7-11(19)8-21(12)17(23)14-5-9-4-10(18)6-13(24-2)15(9)25-14/h4-6,11-12H,3,7-8,19H2,1-2H3,(H,20,22)/t11-,12+/m1/s1. The molecule has 1 aliphatic rings. The second-order valence-corrected chi connectivity index (χ2v) is 6.44. The number of nitrogens with two attached hydrogens (primary N) is 1. The maximum Gasteiger partial charge on any atom is 0.290 e. The molecule has 7 nitrogen and oxygen atoms in total. The van der Waals surface area contributed by atoms with Crippen LogP contribution in [0.4, 0.5) is 0 Å². The number of rotatable bonds is 4. The molecule has 0 bridgehead atoms. The Kier molecular flexibility index (Phi) is 4.87. The van der Waals surface area contributed by atoms with Gasteiger partial charge in [0.2, 0.25) is 5.91 Å². The number of likely N-dealkylation sites (tertiary alicyclic amines) is 1. The number of ether oxygens (including phenoxy) is 1. The van der Waals surface area contributed by atoms with Crippen LogP contribution in [0.3, 0.4) is 0 Å². The van der Waals surface area contributed by atoms with Crippen LogP contribution in [-0.4, -0.2) is 49.0 Å². The normalized spacial score (nSPS) is 20.1. The monoisotopic (exact) mass is 365 g/mol. The van der Waals surface area contributed by atoms with E-state index in [-0.39, 0.29) is 23.6 Å². The van der Waals surface area contributed by atoms with Gasteiger partial charge in [0.15, 0.2) is 17.1 Å². The zero-order chi connectivity index (χ0) is 18.1. The number of fused-ring (bicyclic) bond motifs is 1. The van der Waals surface area contributed by atoms with E-state index in [1.54, 1.807) is 18.2 Å². The van der Waals surface area contributed by atoms with Crippen LogP contribution < -0.4 is 15.8 Å². The largest absolute Gasteiger partial charge is 0.493 e. The first-order chi connectivity index (χ1) is 11.9. The summed E-state index contributed by atoms with van der Waals surface area (Å²) < 4.78 is 10.9. The molecule has 3 N–H and O–H groups in total. The van der Waals surface area contributed by atoms with Gasteiger partial charge in [0.1, 0.15) is 6.04 Å². The lowest BCUT2D eigenvalue weighted by molar-refractivity contribution is -0.124. The predicted octanol–water partition coefficient (Wildman–Crippen LogP) is 1.77. The highest BCUT2D eigenvalue weighted by Gasteiger charge is 2.39. The smallest absolute Gasteiger partial charge is 0.290 e. The molecule has 1 aromatic carbocycles. The fourth-order valence-corrected chi connectivity index (χ4v) is 3.33. The van der Waals surface area contributed by atoms with Crippen molar-refractivity contribution in [1.82, 2.24) is 10.2 Å². The first kappa shape index (κ1) is 17.6. The van der Waals surface area contributed by atoms with Crippen LogP contribution >= 0.6 is 11.6 Å². The number of carbonyl (C=O) groups is 2. The Morgan fingerprint density at radius 3 is 2.88 bits per heavy atom. The van der Waals surface area contributed by atoms with Gasteiger partial charge in [0.05, 0.1) is 7.11 Å². The average Bonchev–Trinajstić information content (AvgIpc) is 3.17. The molecule has 1 fully saturated rings. The van der Waals surface area contributed by atoms with Gasteiger partial charge in [-0.15, -0.1) is 0 Å². The third-order valence-corrected chi connectivity index (χ3v) is 4.44. The minimum absolute atomic E-state index is 0.124. The molecule has 25 heavy (non-hydrogen) atoms. The lowest BCUT2D eigenvalue weighted by atomic mass is 10.1. The third kappa shape index (κ3) is 3.29. The Balaban J connectivity index is 1.94. The van der Waals surface area contributed by atoms with Crippen LogP contribution in [0.25, 0.3) is 11.0 Å². The van der Waals surface area contributed by atoms with Gasteiger partial charge in [-0.1, -0.05) is 11.6 Å². The molecule has 1 aliphatic heterocycles. The summed E-state index contributed by atoms with van der Waals surface area (Å²) >= 11 is 6.05. The van der Waals surface area contributed by atoms with Crippen LogP contribution in [-0.2, 0) is 4.79 Å². The summed E-state index contributed by atoms with van der Waals surface area (Å²) in [5, 5.41) is 3.88. The Bertz CT molecular complexity index is 820. The number of nitrogens with one attached hydrogen (secondary N) is 1. The topological polar surface area (TPSA) is 97.8 Å². The number of amides is 2. The number of halogens is 1. The van der Waals surface area contributed by atoms with E-state index in [0.717, 1.165) is 0 Å². The van der Waals surface area contributed by atoms with Crippen molar-refractivity contribution in [1.29, 1.82) is 0 Å². The molecule has 0 saturated carbocycles. The first-order valence-corrected chi connectivity index (χ1v) is 8.43. The molecule has 0 unspecified atom stereocenters.